The van der Waals surface area contributed by atoms with E-state index < -0.39 is 0 Å². The molecule has 3 aliphatic rings. The van der Waals surface area contributed by atoms with Gasteiger partial charge in [-0.2, -0.15) is 0 Å². The highest BCUT2D eigenvalue weighted by molar-refractivity contribution is 14.1. The number of alkyl halides is 1. The van der Waals surface area contributed by atoms with Crippen LogP contribution >= 0.6 is 22.6 Å². The first-order chi connectivity index (χ1) is 15.2. The van der Waals surface area contributed by atoms with E-state index in [1.807, 2.05) is 6.92 Å². The van der Waals surface area contributed by atoms with Crippen molar-refractivity contribution in [2.75, 3.05) is 4.43 Å². The number of benzene rings is 1. The van der Waals surface area contributed by atoms with E-state index >= 15 is 0 Å². The zero-order chi connectivity index (χ0) is 21.4. The summed E-state index contributed by atoms with van der Waals surface area (Å²) in [6.45, 7) is 4.25. The van der Waals surface area contributed by atoms with Crippen molar-refractivity contribution in [3.63, 3.8) is 0 Å². The fourth-order valence-corrected chi connectivity index (χ4v) is 5.90. The van der Waals surface area contributed by atoms with Gasteiger partial charge in [-0.05, 0) is 66.5 Å². The van der Waals surface area contributed by atoms with Gasteiger partial charge in [0.05, 0.1) is 0 Å². The summed E-state index contributed by atoms with van der Waals surface area (Å²) in [5.41, 5.74) is 9.15. The summed E-state index contributed by atoms with van der Waals surface area (Å²) in [6.07, 6.45) is 18.3. The molecule has 0 aliphatic heterocycles. The van der Waals surface area contributed by atoms with Crippen LogP contribution in [0, 0.1) is 23.7 Å². The summed E-state index contributed by atoms with van der Waals surface area (Å²) in [6, 6.07) is 6.63. The van der Waals surface area contributed by atoms with E-state index in [2.05, 4.69) is 96.0 Å². The maximum atomic E-state index is 6.08. The third-order valence-electron chi connectivity index (χ3n) is 6.71. The molecule has 0 fully saturated rings. The Balaban J connectivity index is 1.42. The highest BCUT2D eigenvalue weighted by atomic mass is 127. The van der Waals surface area contributed by atoms with Gasteiger partial charge in [0.25, 0.3) is 0 Å². The van der Waals surface area contributed by atoms with Gasteiger partial charge in [0.2, 0.25) is 0 Å². The lowest BCUT2D eigenvalue weighted by Crippen LogP contribution is -2.15. The minimum Gasteiger partial charge on any atom is -0.460 e. The van der Waals surface area contributed by atoms with Crippen molar-refractivity contribution in [1.82, 2.24) is 0 Å². The minimum atomic E-state index is 0.447. The minimum absolute atomic E-state index is 0.447. The van der Waals surface area contributed by atoms with Crippen molar-refractivity contribution in [1.29, 1.82) is 0 Å². The molecule has 156 valence electrons. The molecule has 5 rings (SSSR count). The lowest BCUT2D eigenvalue weighted by Gasteiger charge is -2.28. The topological polar surface area (TPSA) is 13.1 Å². The van der Waals surface area contributed by atoms with Crippen LogP contribution in [0.25, 0.3) is 22.6 Å². The SMILES string of the molecule is CC#CC1=C(CI)C(C2C=CC(c3ccc4oc5c(c4c3)C=CCC5)=CC2)=CCC1C. The summed E-state index contributed by atoms with van der Waals surface area (Å²) in [7, 11) is 0. The highest BCUT2D eigenvalue weighted by Crippen LogP contribution is 2.39. The summed E-state index contributed by atoms with van der Waals surface area (Å²) in [5, 5.41) is 1.24. The predicted molar refractivity (Wildman–Crippen MR) is 140 cm³/mol. The molecule has 1 nitrogen and oxygen atoms in total. The predicted octanol–water partition coefficient (Wildman–Crippen LogP) is 8.07. The number of hydrogen-bond acceptors (Lipinski definition) is 1. The third kappa shape index (κ3) is 3.78. The van der Waals surface area contributed by atoms with E-state index in [9.17, 15) is 0 Å². The van der Waals surface area contributed by atoms with Crippen LogP contribution in [0.1, 0.15) is 50.0 Å². The fraction of sp³-hybridized carbons (Fsp3) is 0.310. The van der Waals surface area contributed by atoms with E-state index in [1.54, 1.807) is 0 Å². The molecule has 1 heterocycles. The van der Waals surface area contributed by atoms with Crippen molar-refractivity contribution >= 4 is 45.2 Å². The first-order valence-corrected chi connectivity index (χ1v) is 12.7. The molecular formula is C29H27IO. The van der Waals surface area contributed by atoms with Gasteiger partial charge in [0.1, 0.15) is 11.3 Å². The van der Waals surface area contributed by atoms with Gasteiger partial charge in [-0.25, -0.2) is 0 Å². The van der Waals surface area contributed by atoms with Gasteiger partial charge in [0.15, 0.2) is 0 Å². The molecule has 2 aromatic rings. The van der Waals surface area contributed by atoms with Crippen molar-refractivity contribution < 1.29 is 4.42 Å². The molecule has 0 amide bonds. The van der Waals surface area contributed by atoms with Crippen LogP contribution in [0.15, 0.2) is 69.7 Å². The quantitative estimate of drug-likeness (QED) is 0.228. The van der Waals surface area contributed by atoms with Gasteiger partial charge in [-0.3, -0.25) is 0 Å². The Hall–Kier alpha value is -2.25. The molecule has 1 aromatic heterocycles. The van der Waals surface area contributed by atoms with E-state index in [0.29, 0.717) is 11.8 Å². The van der Waals surface area contributed by atoms with Gasteiger partial charge in [-0.1, -0.05) is 78.0 Å². The standard InChI is InChI=1S/C29H27IO/c1-3-6-23-19(2)9-15-24(27(23)18-30)21-12-10-20(11-13-21)22-14-16-29-26(17-22)25-7-4-5-8-28(25)31-29/h4,7,10-12,14-17,19,21H,5,8-9,13,18H2,1-2H3. The first kappa shape index (κ1) is 20.6. The van der Waals surface area contributed by atoms with E-state index in [-0.39, 0.29) is 0 Å². The number of aryl methyl sites for hydroxylation is 1. The largest absolute Gasteiger partial charge is 0.460 e. The van der Waals surface area contributed by atoms with Gasteiger partial charge < -0.3 is 4.42 Å². The molecule has 0 radical (unpaired) electrons. The second-order valence-corrected chi connectivity index (χ2v) is 9.41. The van der Waals surface area contributed by atoms with Crippen LogP contribution in [-0.4, -0.2) is 4.43 Å². The van der Waals surface area contributed by atoms with Crippen molar-refractivity contribution in [2.45, 2.75) is 39.5 Å². The van der Waals surface area contributed by atoms with Crippen LogP contribution in [0.4, 0.5) is 0 Å². The molecule has 2 atom stereocenters. The molecule has 1 aromatic carbocycles. The Kier molecular flexibility index (Phi) is 5.80. The number of fused-ring (bicyclic) bond motifs is 3. The van der Waals surface area contributed by atoms with Gasteiger partial charge >= 0.3 is 0 Å². The molecule has 2 heteroatoms. The Morgan fingerprint density at radius 1 is 1.16 bits per heavy atom. The second kappa shape index (κ2) is 8.71. The van der Waals surface area contributed by atoms with Crippen LogP contribution in [0.2, 0.25) is 0 Å². The normalized spacial score (nSPS) is 22.7. The summed E-state index contributed by atoms with van der Waals surface area (Å²) >= 11 is 2.50. The third-order valence-corrected chi connectivity index (χ3v) is 7.47. The van der Waals surface area contributed by atoms with Gasteiger partial charge in [-0.15, -0.1) is 5.92 Å². The molecule has 0 saturated carbocycles. The van der Waals surface area contributed by atoms with Crippen molar-refractivity contribution in [3.8, 4) is 11.8 Å². The van der Waals surface area contributed by atoms with Crippen LogP contribution in [-0.2, 0) is 6.42 Å². The molecule has 0 spiro atoms. The molecule has 3 aliphatic carbocycles. The lowest BCUT2D eigenvalue weighted by molar-refractivity contribution is 0.546. The van der Waals surface area contributed by atoms with Crippen molar-refractivity contribution in [3.05, 3.63) is 82.2 Å². The molecule has 0 saturated heterocycles. The maximum absolute atomic E-state index is 6.08. The number of hydrogen-bond donors (Lipinski definition) is 0. The first-order valence-electron chi connectivity index (χ1n) is 11.2. The summed E-state index contributed by atoms with van der Waals surface area (Å²) < 4.78 is 7.10. The molecule has 31 heavy (non-hydrogen) atoms. The molecule has 2 unspecified atom stereocenters. The van der Waals surface area contributed by atoms with E-state index in [4.69, 9.17) is 4.42 Å². The number of halogens is 1. The Bertz CT molecular complexity index is 1250. The van der Waals surface area contributed by atoms with E-state index in [1.165, 1.54) is 38.8 Å². The van der Waals surface area contributed by atoms with Crippen LogP contribution in [0.5, 0.6) is 0 Å². The monoisotopic (exact) mass is 518 g/mol. The van der Waals surface area contributed by atoms with Gasteiger partial charge in [0, 0.05) is 33.3 Å². The lowest BCUT2D eigenvalue weighted by atomic mass is 9.77. The number of furan rings is 1. The van der Waals surface area contributed by atoms with Crippen molar-refractivity contribution in [2.24, 2.45) is 11.8 Å². The molecular weight excluding hydrogens is 491 g/mol. The molecule has 0 bridgehead atoms. The Labute approximate surface area is 198 Å². The Morgan fingerprint density at radius 3 is 2.84 bits per heavy atom. The summed E-state index contributed by atoms with van der Waals surface area (Å²) in [4.78, 5) is 0. The Morgan fingerprint density at radius 2 is 2.06 bits per heavy atom. The average Bonchev–Trinajstić information content (AvgIpc) is 3.18. The maximum Gasteiger partial charge on any atom is 0.134 e. The van der Waals surface area contributed by atoms with Crippen LogP contribution < -0.4 is 0 Å². The molecule has 0 N–H and O–H groups in total. The number of allylic oxidation sites excluding steroid dienone is 9. The zero-order valence-corrected chi connectivity index (χ0v) is 20.3. The van der Waals surface area contributed by atoms with E-state index in [0.717, 1.165) is 41.5 Å². The highest BCUT2D eigenvalue weighted by Gasteiger charge is 2.25. The summed E-state index contributed by atoms with van der Waals surface area (Å²) in [5.74, 6) is 8.65. The average molecular weight is 518 g/mol. The zero-order valence-electron chi connectivity index (χ0n) is 18.2. The number of rotatable bonds is 3. The smallest absolute Gasteiger partial charge is 0.134 e. The second-order valence-electron chi connectivity index (χ2n) is 8.65. The van der Waals surface area contributed by atoms with Crippen LogP contribution in [0.3, 0.4) is 0 Å². The fourth-order valence-electron chi connectivity index (χ4n) is 5.05.